The van der Waals surface area contributed by atoms with E-state index in [1.54, 1.807) is 6.08 Å². The van der Waals surface area contributed by atoms with Crippen LogP contribution in [-0.4, -0.2) is 23.1 Å². The fourth-order valence-corrected chi connectivity index (χ4v) is 4.17. The maximum absolute atomic E-state index is 12.7. The van der Waals surface area contributed by atoms with E-state index >= 15 is 0 Å². The molecule has 0 unspecified atom stereocenters. The molecule has 1 fully saturated rings. The highest BCUT2D eigenvalue weighted by Gasteiger charge is 2.18. The predicted octanol–water partition coefficient (Wildman–Crippen LogP) is 5.08. The van der Waals surface area contributed by atoms with Crippen molar-refractivity contribution in [3.63, 3.8) is 0 Å². The summed E-state index contributed by atoms with van der Waals surface area (Å²) in [6.07, 6.45) is 9.17. The van der Waals surface area contributed by atoms with E-state index in [4.69, 9.17) is 4.74 Å². The number of benzene rings is 2. The Bertz CT molecular complexity index is 1100. The summed E-state index contributed by atoms with van der Waals surface area (Å²) in [4.78, 5) is 12.7. The Hall–Kier alpha value is -3.52. The Morgan fingerprint density at radius 1 is 1.10 bits per heavy atom. The highest BCUT2D eigenvalue weighted by Crippen LogP contribution is 2.24. The minimum absolute atomic E-state index is 0.147. The molecule has 1 amide bonds. The van der Waals surface area contributed by atoms with Gasteiger partial charge in [0.2, 0.25) is 0 Å². The molecule has 0 radical (unpaired) electrons. The third kappa shape index (κ3) is 5.16. The number of hydrogen-bond donors (Lipinski definition) is 1. The highest BCUT2D eigenvalue weighted by atomic mass is 16.5. The molecule has 1 saturated carbocycles. The summed E-state index contributed by atoms with van der Waals surface area (Å²) in [5, 5.41) is 13.7. The lowest BCUT2D eigenvalue weighted by Crippen LogP contribution is -2.36. The lowest BCUT2D eigenvalue weighted by Gasteiger charge is -2.22. The Labute approximate surface area is 182 Å². The summed E-state index contributed by atoms with van der Waals surface area (Å²) in [7, 11) is 0. The van der Waals surface area contributed by atoms with Crippen LogP contribution in [0.4, 0.5) is 0 Å². The number of aromatic nitrogens is 1. The van der Waals surface area contributed by atoms with Crippen LogP contribution in [0.3, 0.4) is 0 Å². The molecule has 1 N–H and O–H groups in total. The van der Waals surface area contributed by atoms with Gasteiger partial charge in [-0.15, -0.1) is 0 Å². The number of para-hydroxylation sites is 2. The quantitative estimate of drug-likeness (QED) is 0.434. The summed E-state index contributed by atoms with van der Waals surface area (Å²) in [6, 6.07) is 20.0. The van der Waals surface area contributed by atoms with Gasteiger partial charge in [-0.25, -0.2) is 0 Å². The molecule has 158 valence electrons. The number of carbonyl (C=O) groups is 1. The Morgan fingerprint density at radius 2 is 1.84 bits per heavy atom. The van der Waals surface area contributed by atoms with Gasteiger partial charge in [0.1, 0.15) is 24.0 Å². The monoisotopic (exact) mass is 413 g/mol. The molecule has 0 bridgehead atoms. The number of nitriles is 1. The molecule has 5 nitrogen and oxygen atoms in total. The summed E-state index contributed by atoms with van der Waals surface area (Å²) in [5.41, 5.74) is 2.06. The van der Waals surface area contributed by atoms with Crippen LogP contribution in [0.5, 0.6) is 5.75 Å². The normalized spacial score (nSPS) is 14.9. The molecule has 1 aromatic heterocycles. The van der Waals surface area contributed by atoms with Gasteiger partial charge in [0.15, 0.2) is 0 Å². The molecule has 4 rings (SSSR count). The topological polar surface area (TPSA) is 67.0 Å². The SMILES string of the molecule is N#CC(=Cc1cn(CCOc2ccccc2)c2ccccc12)C(=O)NC1CCCCC1. The van der Waals surface area contributed by atoms with Gasteiger partial charge in [-0.05, 0) is 37.1 Å². The molecule has 1 aliphatic rings. The van der Waals surface area contributed by atoms with Crippen LogP contribution in [0, 0.1) is 11.3 Å². The van der Waals surface area contributed by atoms with Crippen molar-refractivity contribution in [1.82, 2.24) is 9.88 Å². The van der Waals surface area contributed by atoms with Crippen molar-refractivity contribution >= 4 is 22.9 Å². The van der Waals surface area contributed by atoms with Crippen molar-refractivity contribution in [2.45, 2.75) is 44.7 Å². The van der Waals surface area contributed by atoms with Crippen molar-refractivity contribution in [2.75, 3.05) is 6.61 Å². The largest absolute Gasteiger partial charge is 0.492 e. The molecule has 0 aliphatic heterocycles. The summed E-state index contributed by atoms with van der Waals surface area (Å²) in [5.74, 6) is 0.559. The zero-order valence-electron chi connectivity index (χ0n) is 17.6. The van der Waals surface area contributed by atoms with E-state index in [1.165, 1.54) is 6.42 Å². The molecular formula is C26H27N3O2. The molecule has 0 spiro atoms. The number of amides is 1. The standard InChI is InChI=1S/C26H27N3O2/c27-18-20(26(30)28-22-9-3-1-4-10-22)17-21-19-29(25-14-8-7-13-24(21)25)15-16-31-23-11-5-2-6-12-23/h2,5-8,11-14,17,19,22H,1,3-4,9-10,15-16H2,(H,28,30). The summed E-state index contributed by atoms with van der Waals surface area (Å²) in [6.45, 7) is 1.19. The smallest absolute Gasteiger partial charge is 0.262 e. The number of nitrogens with zero attached hydrogens (tertiary/aromatic N) is 2. The van der Waals surface area contributed by atoms with Crippen LogP contribution in [0.25, 0.3) is 17.0 Å². The van der Waals surface area contributed by atoms with Crippen molar-refractivity contribution in [3.8, 4) is 11.8 Å². The Morgan fingerprint density at radius 3 is 2.61 bits per heavy atom. The van der Waals surface area contributed by atoms with Gasteiger partial charge in [-0.1, -0.05) is 55.7 Å². The molecule has 1 heterocycles. The number of ether oxygens (including phenoxy) is 1. The third-order valence-electron chi connectivity index (χ3n) is 5.77. The van der Waals surface area contributed by atoms with Gasteiger partial charge >= 0.3 is 0 Å². The van der Waals surface area contributed by atoms with Crippen LogP contribution < -0.4 is 10.1 Å². The highest BCUT2D eigenvalue weighted by molar-refractivity contribution is 6.04. The summed E-state index contributed by atoms with van der Waals surface area (Å²) < 4.78 is 7.95. The first kappa shape index (κ1) is 20.7. The Kier molecular flexibility index (Phi) is 6.68. The molecule has 0 atom stereocenters. The van der Waals surface area contributed by atoms with E-state index in [9.17, 15) is 10.1 Å². The Balaban J connectivity index is 1.52. The molecule has 1 aliphatic carbocycles. The molecule has 0 saturated heterocycles. The number of carbonyl (C=O) groups excluding carboxylic acids is 1. The maximum Gasteiger partial charge on any atom is 0.262 e. The van der Waals surface area contributed by atoms with Gasteiger partial charge < -0.3 is 14.6 Å². The first-order valence-corrected chi connectivity index (χ1v) is 10.9. The van der Waals surface area contributed by atoms with Crippen LogP contribution in [0.2, 0.25) is 0 Å². The molecule has 3 aromatic rings. The predicted molar refractivity (Wildman–Crippen MR) is 122 cm³/mol. The fraction of sp³-hybridized carbons (Fsp3) is 0.308. The van der Waals surface area contributed by atoms with Crippen molar-refractivity contribution in [1.29, 1.82) is 5.26 Å². The van der Waals surface area contributed by atoms with E-state index in [0.29, 0.717) is 13.2 Å². The number of nitrogens with one attached hydrogen (secondary N) is 1. The van der Waals surface area contributed by atoms with Crippen LogP contribution in [0.1, 0.15) is 37.7 Å². The van der Waals surface area contributed by atoms with E-state index in [2.05, 4.69) is 16.0 Å². The second kappa shape index (κ2) is 9.99. The second-order valence-electron chi connectivity index (χ2n) is 7.93. The molecule has 31 heavy (non-hydrogen) atoms. The zero-order valence-corrected chi connectivity index (χ0v) is 17.6. The van der Waals surface area contributed by atoms with Gasteiger partial charge in [0.05, 0.1) is 6.54 Å². The molecule has 2 aromatic carbocycles. The number of rotatable bonds is 7. The van der Waals surface area contributed by atoms with E-state index in [0.717, 1.165) is 47.9 Å². The van der Waals surface area contributed by atoms with Crippen molar-refractivity contribution in [2.24, 2.45) is 0 Å². The fourth-order valence-electron chi connectivity index (χ4n) is 4.17. The van der Waals surface area contributed by atoms with Crippen molar-refractivity contribution in [3.05, 3.63) is 71.9 Å². The van der Waals surface area contributed by atoms with Gasteiger partial charge in [0, 0.05) is 28.7 Å². The zero-order chi connectivity index (χ0) is 21.5. The van der Waals surface area contributed by atoms with Crippen LogP contribution in [0.15, 0.2) is 66.4 Å². The lowest BCUT2D eigenvalue weighted by molar-refractivity contribution is -0.117. The average molecular weight is 414 g/mol. The average Bonchev–Trinajstić information content (AvgIpc) is 3.16. The first-order chi connectivity index (χ1) is 15.2. The first-order valence-electron chi connectivity index (χ1n) is 10.9. The van der Waals surface area contributed by atoms with E-state index in [-0.39, 0.29) is 17.5 Å². The van der Waals surface area contributed by atoms with Gasteiger partial charge in [-0.3, -0.25) is 4.79 Å². The third-order valence-corrected chi connectivity index (χ3v) is 5.77. The van der Waals surface area contributed by atoms with E-state index < -0.39 is 0 Å². The summed E-state index contributed by atoms with van der Waals surface area (Å²) >= 11 is 0. The van der Waals surface area contributed by atoms with Crippen LogP contribution >= 0.6 is 0 Å². The van der Waals surface area contributed by atoms with Gasteiger partial charge in [0.25, 0.3) is 5.91 Å². The minimum atomic E-state index is -0.279. The van der Waals surface area contributed by atoms with E-state index in [1.807, 2.05) is 60.8 Å². The second-order valence-corrected chi connectivity index (χ2v) is 7.93. The number of fused-ring (bicyclic) bond motifs is 1. The minimum Gasteiger partial charge on any atom is -0.492 e. The maximum atomic E-state index is 12.7. The van der Waals surface area contributed by atoms with Crippen molar-refractivity contribution < 1.29 is 9.53 Å². The number of hydrogen-bond acceptors (Lipinski definition) is 3. The molecular weight excluding hydrogens is 386 g/mol. The lowest BCUT2D eigenvalue weighted by atomic mass is 9.95. The van der Waals surface area contributed by atoms with Crippen LogP contribution in [-0.2, 0) is 11.3 Å². The molecule has 5 heteroatoms. The van der Waals surface area contributed by atoms with Gasteiger partial charge in [-0.2, -0.15) is 5.26 Å².